The molecule has 0 unspecified atom stereocenters. The van der Waals surface area contributed by atoms with E-state index >= 15 is 0 Å². The highest BCUT2D eigenvalue weighted by Gasteiger charge is 2.18. The first-order valence-electron chi connectivity index (χ1n) is 6.05. The Labute approximate surface area is 118 Å². The van der Waals surface area contributed by atoms with E-state index in [-0.39, 0.29) is 11.5 Å². The van der Waals surface area contributed by atoms with Crippen LogP contribution in [-0.2, 0) is 0 Å². The van der Waals surface area contributed by atoms with Crippen molar-refractivity contribution < 1.29 is 9.31 Å². The number of rotatable bonds is 3. The number of benzene rings is 1. The van der Waals surface area contributed by atoms with Crippen LogP contribution < -0.4 is 0 Å². The van der Waals surface area contributed by atoms with Crippen molar-refractivity contribution in [2.45, 2.75) is 0 Å². The van der Waals surface area contributed by atoms with Crippen molar-refractivity contribution in [1.82, 2.24) is 15.2 Å². The third kappa shape index (κ3) is 2.48. The lowest BCUT2D eigenvalue weighted by molar-refractivity contribution is -0.384. The third-order valence-electron chi connectivity index (χ3n) is 3.00. The maximum Gasteiger partial charge on any atom is 0.297 e. The Hall–Kier alpha value is -3.09. The number of pyridine rings is 1. The number of hydrogen-bond donors (Lipinski definition) is 1. The Bertz CT molecular complexity index is 785. The molecule has 1 aromatic carbocycles. The van der Waals surface area contributed by atoms with Crippen molar-refractivity contribution in [3.63, 3.8) is 0 Å². The lowest BCUT2D eigenvalue weighted by Crippen LogP contribution is -1.95. The van der Waals surface area contributed by atoms with Gasteiger partial charge >= 0.3 is 0 Å². The molecule has 0 aliphatic carbocycles. The fraction of sp³-hybridized carbons (Fsp3) is 0. The number of nitrogens with zero attached hydrogens (tertiary/aromatic N) is 3. The summed E-state index contributed by atoms with van der Waals surface area (Å²) in [6.07, 6.45) is 2.76. The Morgan fingerprint density at radius 3 is 2.52 bits per heavy atom. The smallest absolute Gasteiger partial charge is 0.285 e. The first kappa shape index (κ1) is 12.9. The molecule has 3 aromatic rings. The second kappa shape index (κ2) is 5.12. The predicted octanol–water partition coefficient (Wildman–Crippen LogP) is 3.19. The molecule has 2 aromatic heterocycles. The van der Waals surface area contributed by atoms with E-state index in [9.17, 15) is 14.5 Å². The van der Waals surface area contributed by atoms with E-state index in [1.54, 1.807) is 30.5 Å². The van der Waals surface area contributed by atoms with Gasteiger partial charge in [0.15, 0.2) is 0 Å². The predicted molar refractivity (Wildman–Crippen MR) is 73.9 cm³/mol. The summed E-state index contributed by atoms with van der Waals surface area (Å²) in [6, 6.07) is 8.97. The average Bonchev–Trinajstić information content (AvgIpc) is 3.01. The van der Waals surface area contributed by atoms with Crippen molar-refractivity contribution in [1.29, 1.82) is 0 Å². The van der Waals surface area contributed by atoms with Gasteiger partial charge in [0.05, 0.1) is 21.9 Å². The van der Waals surface area contributed by atoms with Gasteiger partial charge in [-0.15, -0.1) is 0 Å². The van der Waals surface area contributed by atoms with E-state index in [0.29, 0.717) is 22.5 Å². The second-order valence-electron chi connectivity index (χ2n) is 4.31. The summed E-state index contributed by atoms with van der Waals surface area (Å²) in [7, 11) is 0. The molecule has 0 saturated heterocycles. The number of H-pyrrole nitrogens is 1. The van der Waals surface area contributed by atoms with Crippen LogP contribution >= 0.6 is 0 Å². The second-order valence-corrected chi connectivity index (χ2v) is 4.31. The van der Waals surface area contributed by atoms with E-state index in [4.69, 9.17) is 0 Å². The number of halogens is 1. The molecule has 0 fully saturated rings. The van der Waals surface area contributed by atoms with Crippen molar-refractivity contribution in [3.05, 3.63) is 64.7 Å². The zero-order valence-electron chi connectivity index (χ0n) is 10.7. The molecule has 0 aliphatic heterocycles. The molecule has 0 amide bonds. The summed E-state index contributed by atoms with van der Waals surface area (Å²) in [5, 5.41) is 17.7. The van der Waals surface area contributed by atoms with Crippen LogP contribution in [0.25, 0.3) is 22.5 Å². The fourth-order valence-corrected chi connectivity index (χ4v) is 1.99. The SMILES string of the molecule is O=[N+]([O-])c1cnc(-c2ccc(F)cc2)cc1-c1cc[nH]n1. The molecule has 1 N–H and O–H groups in total. The Balaban J connectivity index is 2.15. The summed E-state index contributed by atoms with van der Waals surface area (Å²) in [4.78, 5) is 14.6. The van der Waals surface area contributed by atoms with Crippen LogP contribution in [0, 0.1) is 15.9 Å². The minimum absolute atomic E-state index is 0.132. The summed E-state index contributed by atoms with van der Waals surface area (Å²) < 4.78 is 13.0. The fourth-order valence-electron chi connectivity index (χ4n) is 1.99. The Morgan fingerprint density at radius 1 is 1.14 bits per heavy atom. The lowest BCUT2D eigenvalue weighted by atomic mass is 10.1. The number of aromatic amines is 1. The van der Waals surface area contributed by atoms with Crippen LogP contribution in [0.15, 0.2) is 48.8 Å². The van der Waals surface area contributed by atoms with Crippen molar-refractivity contribution >= 4 is 5.69 Å². The van der Waals surface area contributed by atoms with Crippen LogP contribution in [0.2, 0.25) is 0 Å². The number of nitro groups is 1. The highest BCUT2D eigenvalue weighted by molar-refractivity contribution is 5.75. The average molecular weight is 284 g/mol. The zero-order valence-corrected chi connectivity index (χ0v) is 10.7. The molecule has 0 atom stereocenters. The van der Waals surface area contributed by atoms with Gasteiger partial charge in [0.25, 0.3) is 5.69 Å². The van der Waals surface area contributed by atoms with Crippen LogP contribution in [0.1, 0.15) is 0 Å². The van der Waals surface area contributed by atoms with Gasteiger partial charge in [-0.05, 0) is 36.4 Å². The van der Waals surface area contributed by atoms with E-state index in [0.717, 1.165) is 0 Å². The molecule has 3 rings (SSSR count). The molecule has 21 heavy (non-hydrogen) atoms. The maximum absolute atomic E-state index is 13.0. The van der Waals surface area contributed by atoms with Gasteiger partial charge < -0.3 is 0 Å². The molecule has 0 radical (unpaired) electrons. The monoisotopic (exact) mass is 284 g/mol. The summed E-state index contributed by atoms with van der Waals surface area (Å²) in [5.74, 6) is -0.354. The van der Waals surface area contributed by atoms with Crippen molar-refractivity contribution in [3.8, 4) is 22.5 Å². The van der Waals surface area contributed by atoms with Crippen molar-refractivity contribution in [2.75, 3.05) is 0 Å². The molecule has 0 bridgehead atoms. The zero-order chi connectivity index (χ0) is 14.8. The first-order chi connectivity index (χ1) is 10.1. The molecule has 0 spiro atoms. The maximum atomic E-state index is 13.0. The van der Waals surface area contributed by atoms with Gasteiger partial charge in [-0.2, -0.15) is 5.10 Å². The van der Waals surface area contributed by atoms with E-state index in [1.165, 1.54) is 18.3 Å². The lowest BCUT2D eigenvalue weighted by Gasteiger charge is -2.04. The molecule has 0 saturated carbocycles. The highest BCUT2D eigenvalue weighted by Crippen LogP contribution is 2.31. The number of hydrogen-bond acceptors (Lipinski definition) is 4. The third-order valence-corrected chi connectivity index (χ3v) is 3.00. The molecule has 7 heteroatoms. The summed E-state index contributed by atoms with van der Waals surface area (Å²) in [5.41, 5.74) is 1.86. The van der Waals surface area contributed by atoms with Crippen molar-refractivity contribution in [2.24, 2.45) is 0 Å². The van der Waals surface area contributed by atoms with Gasteiger partial charge in [-0.1, -0.05) is 0 Å². The number of aromatic nitrogens is 3. The molecule has 6 nitrogen and oxygen atoms in total. The molecular formula is C14H9FN4O2. The summed E-state index contributed by atoms with van der Waals surface area (Å²) >= 11 is 0. The first-order valence-corrected chi connectivity index (χ1v) is 6.05. The minimum Gasteiger partial charge on any atom is -0.285 e. The van der Waals surface area contributed by atoms with E-state index in [2.05, 4.69) is 15.2 Å². The van der Waals surface area contributed by atoms with Crippen LogP contribution in [0.3, 0.4) is 0 Å². The number of nitrogens with one attached hydrogen (secondary N) is 1. The van der Waals surface area contributed by atoms with Gasteiger partial charge in [-0.3, -0.25) is 15.2 Å². The Kier molecular flexibility index (Phi) is 3.15. The molecular weight excluding hydrogens is 275 g/mol. The van der Waals surface area contributed by atoms with Crippen LogP contribution in [0.5, 0.6) is 0 Å². The molecule has 104 valence electrons. The Morgan fingerprint density at radius 2 is 1.90 bits per heavy atom. The van der Waals surface area contributed by atoms with Crippen LogP contribution in [0.4, 0.5) is 10.1 Å². The minimum atomic E-state index is -0.508. The topological polar surface area (TPSA) is 84.7 Å². The van der Waals surface area contributed by atoms with Crippen LogP contribution in [-0.4, -0.2) is 20.1 Å². The normalized spacial score (nSPS) is 10.5. The van der Waals surface area contributed by atoms with Gasteiger partial charge in [-0.25, -0.2) is 9.37 Å². The largest absolute Gasteiger partial charge is 0.297 e. The molecule has 2 heterocycles. The van der Waals surface area contributed by atoms with E-state index in [1.807, 2.05) is 0 Å². The summed E-state index contributed by atoms with van der Waals surface area (Å²) in [6.45, 7) is 0. The van der Waals surface area contributed by atoms with Gasteiger partial charge in [0.2, 0.25) is 0 Å². The molecule has 0 aliphatic rings. The highest BCUT2D eigenvalue weighted by atomic mass is 19.1. The standard InChI is InChI=1S/C14H9FN4O2/c15-10-3-1-9(2-4-10)13-7-11(12-5-6-17-18-12)14(8-16-13)19(20)21/h1-8H,(H,17,18). The van der Waals surface area contributed by atoms with Gasteiger partial charge in [0.1, 0.15) is 12.0 Å². The quantitative estimate of drug-likeness (QED) is 0.591. The van der Waals surface area contributed by atoms with E-state index < -0.39 is 4.92 Å². The van der Waals surface area contributed by atoms with Gasteiger partial charge in [0, 0.05) is 11.8 Å².